The van der Waals surface area contributed by atoms with Gasteiger partial charge in [0.15, 0.2) is 5.96 Å². The summed E-state index contributed by atoms with van der Waals surface area (Å²) in [4.78, 5) is 4.31. The second kappa shape index (κ2) is 7.19. The molecule has 0 unspecified atom stereocenters. The Morgan fingerprint density at radius 3 is 2.70 bits per heavy atom. The van der Waals surface area contributed by atoms with Gasteiger partial charge in [-0.3, -0.25) is 4.99 Å². The number of nitrogens with two attached hydrogens (primary N) is 1. The van der Waals surface area contributed by atoms with Crippen LogP contribution in [0.2, 0.25) is 0 Å². The molecule has 0 saturated carbocycles. The van der Waals surface area contributed by atoms with Crippen molar-refractivity contribution in [1.29, 1.82) is 0 Å². The highest BCUT2D eigenvalue weighted by Crippen LogP contribution is 2.12. The van der Waals surface area contributed by atoms with Crippen LogP contribution < -0.4 is 15.8 Å². The van der Waals surface area contributed by atoms with Crippen LogP contribution in [0.25, 0.3) is 0 Å². The fourth-order valence-corrected chi connectivity index (χ4v) is 1.84. The number of methoxy groups -OCH3 is 1. The van der Waals surface area contributed by atoms with Gasteiger partial charge in [-0.2, -0.15) is 0 Å². The summed E-state index contributed by atoms with van der Waals surface area (Å²) < 4.78 is 5.19. The van der Waals surface area contributed by atoms with Crippen molar-refractivity contribution in [2.75, 3.05) is 19.0 Å². The van der Waals surface area contributed by atoms with Gasteiger partial charge in [0.2, 0.25) is 0 Å². The molecular formula is C16H19N3O. The summed E-state index contributed by atoms with van der Waals surface area (Å²) in [6.45, 7) is 0.638. The lowest BCUT2D eigenvalue weighted by atomic mass is 10.1. The summed E-state index contributed by atoms with van der Waals surface area (Å²) in [5.74, 6) is 1.29. The van der Waals surface area contributed by atoms with E-state index in [1.807, 2.05) is 48.5 Å². The van der Waals surface area contributed by atoms with E-state index < -0.39 is 0 Å². The van der Waals surface area contributed by atoms with Crippen molar-refractivity contribution < 1.29 is 4.74 Å². The third-order valence-electron chi connectivity index (χ3n) is 2.86. The predicted octanol–water partition coefficient (Wildman–Crippen LogP) is 2.66. The van der Waals surface area contributed by atoms with Gasteiger partial charge in [0.25, 0.3) is 0 Å². The van der Waals surface area contributed by atoms with E-state index in [0.717, 1.165) is 17.9 Å². The quantitative estimate of drug-likeness (QED) is 0.648. The molecule has 4 nitrogen and oxygen atoms in total. The van der Waals surface area contributed by atoms with Crippen LogP contribution in [0.1, 0.15) is 5.56 Å². The fraction of sp³-hybridized carbons (Fsp3) is 0.188. The smallest absolute Gasteiger partial charge is 0.193 e. The van der Waals surface area contributed by atoms with Crippen molar-refractivity contribution in [3.63, 3.8) is 0 Å². The maximum absolute atomic E-state index is 5.84. The lowest BCUT2D eigenvalue weighted by Crippen LogP contribution is -2.23. The summed E-state index contributed by atoms with van der Waals surface area (Å²) in [6, 6.07) is 17.7. The first kappa shape index (κ1) is 13.9. The summed E-state index contributed by atoms with van der Waals surface area (Å²) in [7, 11) is 1.67. The van der Waals surface area contributed by atoms with Gasteiger partial charge in [-0.25, -0.2) is 0 Å². The topological polar surface area (TPSA) is 59.6 Å². The first-order chi connectivity index (χ1) is 9.78. The maximum Gasteiger partial charge on any atom is 0.193 e. The minimum atomic E-state index is 0.430. The summed E-state index contributed by atoms with van der Waals surface area (Å²) in [6.07, 6.45) is 0.828. The van der Waals surface area contributed by atoms with Crippen LogP contribution in [-0.2, 0) is 6.42 Å². The fourth-order valence-electron chi connectivity index (χ4n) is 1.84. The molecule has 0 aromatic heterocycles. The lowest BCUT2D eigenvalue weighted by molar-refractivity contribution is 0.414. The van der Waals surface area contributed by atoms with E-state index >= 15 is 0 Å². The highest BCUT2D eigenvalue weighted by Gasteiger charge is 1.97. The Kier molecular flexibility index (Phi) is 5.00. The molecule has 2 aromatic carbocycles. The number of para-hydroxylation sites is 1. The van der Waals surface area contributed by atoms with Crippen LogP contribution in [0.15, 0.2) is 59.6 Å². The van der Waals surface area contributed by atoms with Crippen LogP contribution in [0.4, 0.5) is 5.69 Å². The molecule has 0 aliphatic carbocycles. The van der Waals surface area contributed by atoms with Gasteiger partial charge >= 0.3 is 0 Å². The van der Waals surface area contributed by atoms with Gasteiger partial charge in [-0.05, 0) is 36.2 Å². The zero-order valence-corrected chi connectivity index (χ0v) is 11.5. The molecule has 0 radical (unpaired) electrons. The number of nitrogens with zero attached hydrogens (tertiary/aromatic N) is 1. The standard InChI is InChI=1S/C16H19N3O/c1-20-15-9-5-6-13(12-15)10-11-18-16(17)19-14-7-3-2-4-8-14/h2-9,12H,10-11H2,1H3,(H3,17,18,19). The van der Waals surface area contributed by atoms with Crippen molar-refractivity contribution in [3.05, 3.63) is 60.2 Å². The second-order valence-electron chi connectivity index (χ2n) is 4.36. The van der Waals surface area contributed by atoms with Crippen LogP contribution in [0, 0.1) is 0 Å². The van der Waals surface area contributed by atoms with Crippen molar-refractivity contribution in [1.82, 2.24) is 0 Å². The number of benzene rings is 2. The monoisotopic (exact) mass is 269 g/mol. The van der Waals surface area contributed by atoms with Gasteiger partial charge in [0.05, 0.1) is 7.11 Å². The largest absolute Gasteiger partial charge is 0.497 e. The number of hydrogen-bond donors (Lipinski definition) is 2. The number of hydrogen-bond acceptors (Lipinski definition) is 2. The molecule has 3 N–H and O–H groups in total. The van der Waals surface area contributed by atoms with Crippen LogP contribution in [0.3, 0.4) is 0 Å². The highest BCUT2D eigenvalue weighted by atomic mass is 16.5. The van der Waals surface area contributed by atoms with Gasteiger partial charge in [0.1, 0.15) is 5.75 Å². The van der Waals surface area contributed by atoms with E-state index in [0.29, 0.717) is 12.5 Å². The molecule has 20 heavy (non-hydrogen) atoms. The normalized spacial score (nSPS) is 11.2. The molecule has 4 heteroatoms. The highest BCUT2D eigenvalue weighted by molar-refractivity contribution is 5.92. The van der Waals surface area contributed by atoms with Crippen LogP contribution >= 0.6 is 0 Å². The van der Waals surface area contributed by atoms with Crippen LogP contribution in [0.5, 0.6) is 5.75 Å². The molecule has 0 amide bonds. The van der Waals surface area contributed by atoms with Crippen molar-refractivity contribution in [3.8, 4) is 5.75 Å². The molecule has 2 rings (SSSR count). The van der Waals surface area contributed by atoms with E-state index in [2.05, 4.69) is 16.4 Å². The number of rotatable bonds is 5. The molecule has 0 bridgehead atoms. The average molecular weight is 269 g/mol. The Morgan fingerprint density at radius 2 is 1.95 bits per heavy atom. The minimum Gasteiger partial charge on any atom is -0.497 e. The number of ether oxygens (including phenoxy) is 1. The molecule has 0 aliphatic heterocycles. The van der Waals surface area contributed by atoms with E-state index in [9.17, 15) is 0 Å². The van der Waals surface area contributed by atoms with Crippen molar-refractivity contribution in [2.45, 2.75) is 6.42 Å². The molecule has 0 aliphatic rings. The lowest BCUT2D eigenvalue weighted by Gasteiger charge is -2.06. The minimum absolute atomic E-state index is 0.430. The van der Waals surface area contributed by atoms with E-state index in [1.54, 1.807) is 7.11 Å². The van der Waals surface area contributed by atoms with Gasteiger partial charge in [-0.1, -0.05) is 30.3 Å². The Balaban J connectivity index is 1.86. The van der Waals surface area contributed by atoms with Gasteiger partial charge in [-0.15, -0.1) is 0 Å². The van der Waals surface area contributed by atoms with Crippen molar-refractivity contribution >= 4 is 11.6 Å². The first-order valence-corrected chi connectivity index (χ1v) is 6.53. The van der Waals surface area contributed by atoms with Gasteiger partial charge < -0.3 is 15.8 Å². The molecule has 0 saturated heterocycles. The number of guanidine groups is 1. The average Bonchev–Trinajstić information content (AvgIpc) is 2.48. The Bertz CT molecular complexity index is 567. The van der Waals surface area contributed by atoms with E-state index in [4.69, 9.17) is 10.5 Å². The van der Waals surface area contributed by atoms with Crippen molar-refractivity contribution in [2.24, 2.45) is 10.7 Å². The molecule has 2 aromatic rings. The summed E-state index contributed by atoms with van der Waals surface area (Å²) in [5.41, 5.74) is 7.96. The molecule has 0 heterocycles. The summed E-state index contributed by atoms with van der Waals surface area (Å²) in [5, 5.41) is 3.05. The first-order valence-electron chi connectivity index (χ1n) is 6.53. The molecule has 0 fully saturated rings. The number of aliphatic imine (C=N–C) groups is 1. The Hall–Kier alpha value is -2.49. The molecular weight excluding hydrogens is 250 g/mol. The second-order valence-corrected chi connectivity index (χ2v) is 4.36. The third kappa shape index (κ3) is 4.31. The van der Waals surface area contributed by atoms with Gasteiger partial charge in [0, 0.05) is 12.2 Å². The Labute approximate surface area is 119 Å². The molecule has 0 atom stereocenters. The third-order valence-corrected chi connectivity index (χ3v) is 2.86. The van der Waals surface area contributed by atoms with Crippen LogP contribution in [-0.4, -0.2) is 19.6 Å². The number of nitrogens with one attached hydrogen (secondary N) is 1. The molecule has 104 valence electrons. The van der Waals surface area contributed by atoms with E-state index in [-0.39, 0.29) is 0 Å². The zero-order valence-electron chi connectivity index (χ0n) is 11.5. The zero-order chi connectivity index (χ0) is 14.2. The SMILES string of the molecule is COc1cccc(CCN=C(N)Nc2ccccc2)c1. The Morgan fingerprint density at radius 1 is 1.15 bits per heavy atom. The number of anilines is 1. The maximum atomic E-state index is 5.84. The predicted molar refractivity (Wildman–Crippen MR) is 83.3 cm³/mol. The van der Waals surface area contributed by atoms with E-state index in [1.165, 1.54) is 5.56 Å². The molecule has 0 spiro atoms. The summed E-state index contributed by atoms with van der Waals surface area (Å²) >= 11 is 0.